The van der Waals surface area contributed by atoms with Gasteiger partial charge in [-0.05, 0) is 47.8 Å². The number of ether oxygens (including phenoxy) is 1. The van der Waals surface area contributed by atoms with Crippen molar-refractivity contribution in [2.45, 2.75) is 26.7 Å². The lowest BCUT2D eigenvalue weighted by Gasteiger charge is -2.05. The van der Waals surface area contributed by atoms with Crippen molar-refractivity contribution in [3.8, 4) is 5.75 Å². The second-order valence-electron chi connectivity index (χ2n) is 4.50. The lowest BCUT2D eigenvalue weighted by Crippen LogP contribution is -1.89. The molecule has 0 amide bonds. The molecule has 1 aromatic rings. The Morgan fingerprint density at radius 2 is 2.29 bits per heavy atom. The van der Waals surface area contributed by atoms with Crippen LogP contribution in [0.1, 0.15) is 25.0 Å². The highest BCUT2D eigenvalue weighted by molar-refractivity contribution is 8.05. The van der Waals surface area contributed by atoms with Crippen LogP contribution in [-0.2, 0) is 12.8 Å². The number of allylic oxidation sites excluding steroid dienone is 2. The molecule has 2 rings (SSSR count). The predicted octanol–water partition coefficient (Wildman–Crippen LogP) is 4.33. The molecule has 0 saturated carbocycles. The molecule has 2 heteroatoms. The molecule has 0 saturated heterocycles. The maximum atomic E-state index is 5.58. The van der Waals surface area contributed by atoms with Crippen molar-refractivity contribution >= 4 is 11.8 Å². The monoisotopic (exact) mass is 246 g/mol. The summed E-state index contributed by atoms with van der Waals surface area (Å²) in [6, 6.07) is 6.57. The zero-order valence-corrected chi connectivity index (χ0v) is 11.3. The molecule has 0 aromatic heterocycles. The van der Waals surface area contributed by atoms with Crippen LogP contribution in [0.15, 0.2) is 40.7 Å². The van der Waals surface area contributed by atoms with E-state index in [-0.39, 0.29) is 0 Å². The summed E-state index contributed by atoms with van der Waals surface area (Å²) in [6.45, 7) is 8.89. The molecule has 0 N–H and O–H groups in total. The molecule has 1 aliphatic rings. The first-order chi connectivity index (χ1) is 8.15. The van der Waals surface area contributed by atoms with Crippen molar-refractivity contribution in [3.05, 3.63) is 51.8 Å². The van der Waals surface area contributed by atoms with Gasteiger partial charge in [0.15, 0.2) is 0 Å². The summed E-state index contributed by atoms with van der Waals surface area (Å²) in [7, 11) is 0. The van der Waals surface area contributed by atoms with Crippen LogP contribution in [0.5, 0.6) is 5.75 Å². The summed E-state index contributed by atoms with van der Waals surface area (Å²) in [6.07, 6.45) is 2.03. The highest BCUT2D eigenvalue weighted by Crippen LogP contribution is 2.27. The molecular weight excluding hydrogens is 228 g/mol. The number of hydrogen-bond donors (Lipinski definition) is 0. The molecule has 0 aliphatic carbocycles. The fourth-order valence-electron chi connectivity index (χ4n) is 1.89. The van der Waals surface area contributed by atoms with Crippen molar-refractivity contribution in [1.29, 1.82) is 0 Å². The average Bonchev–Trinajstić information content (AvgIpc) is 2.73. The van der Waals surface area contributed by atoms with Crippen molar-refractivity contribution in [3.63, 3.8) is 0 Å². The SMILES string of the molecule is C=C(C)S/C=C(\C)Cc1ccc2c(c1)OCC2. The maximum Gasteiger partial charge on any atom is 0.122 e. The minimum absolute atomic E-state index is 0.832. The summed E-state index contributed by atoms with van der Waals surface area (Å²) in [5, 5.41) is 2.18. The molecule has 1 nitrogen and oxygen atoms in total. The summed E-state index contributed by atoms with van der Waals surface area (Å²) in [4.78, 5) is 1.13. The van der Waals surface area contributed by atoms with Gasteiger partial charge < -0.3 is 4.74 Å². The standard InChI is InChI=1S/C15H18OS/c1-11(2)17-10-12(3)8-13-4-5-14-6-7-16-15(14)9-13/h4-5,9-10H,1,6-8H2,2-3H3/b12-10+. The Hall–Kier alpha value is -1.15. The van der Waals surface area contributed by atoms with Crippen molar-refractivity contribution in [2.75, 3.05) is 6.61 Å². The number of hydrogen-bond acceptors (Lipinski definition) is 2. The number of thioether (sulfide) groups is 1. The molecule has 90 valence electrons. The van der Waals surface area contributed by atoms with E-state index in [0.717, 1.165) is 30.1 Å². The largest absolute Gasteiger partial charge is 0.493 e. The molecule has 1 heterocycles. The highest BCUT2D eigenvalue weighted by Gasteiger charge is 2.11. The number of benzene rings is 1. The molecular formula is C15H18OS. The molecule has 0 unspecified atom stereocenters. The minimum atomic E-state index is 0.832. The molecule has 0 atom stereocenters. The van der Waals surface area contributed by atoms with E-state index >= 15 is 0 Å². The van der Waals surface area contributed by atoms with E-state index in [0.29, 0.717) is 0 Å². The normalized spacial score (nSPS) is 14.4. The predicted molar refractivity (Wildman–Crippen MR) is 75.5 cm³/mol. The molecule has 0 fully saturated rings. The first-order valence-corrected chi connectivity index (χ1v) is 6.75. The van der Waals surface area contributed by atoms with Crippen molar-refractivity contribution < 1.29 is 4.74 Å². The van der Waals surface area contributed by atoms with E-state index in [1.807, 2.05) is 6.92 Å². The van der Waals surface area contributed by atoms with Gasteiger partial charge in [0.05, 0.1) is 6.61 Å². The lowest BCUT2D eigenvalue weighted by molar-refractivity contribution is 0.356. The Morgan fingerprint density at radius 3 is 3.06 bits per heavy atom. The summed E-state index contributed by atoms with van der Waals surface area (Å²) in [5.74, 6) is 1.07. The Kier molecular flexibility index (Phi) is 3.95. The van der Waals surface area contributed by atoms with Crippen LogP contribution in [0.4, 0.5) is 0 Å². The van der Waals surface area contributed by atoms with Crippen molar-refractivity contribution in [2.24, 2.45) is 0 Å². The Morgan fingerprint density at radius 1 is 1.47 bits per heavy atom. The Bertz CT molecular complexity index is 460. The fourth-order valence-corrected chi connectivity index (χ4v) is 2.37. The highest BCUT2D eigenvalue weighted by atomic mass is 32.2. The first kappa shape index (κ1) is 12.3. The van der Waals surface area contributed by atoms with E-state index in [9.17, 15) is 0 Å². The van der Waals surface area contributed by atoms with Gasteiger partial charge in [0.2, 0.25) is 0 Å². The van der Waals surface area contributed by atoms with Gasteiger partial charge in [-0.2, -0.15) is 0 Å². The number of fused-ring (bicyclic) bond motifs is 1. The quantitative estimate of drug-likeness (QED) is 0.781. The third kappa shape index (κ3) is 3.40. The second-order valence-corrected chi connectivity index (χ2v) is 5.67. The van der Waals surface area contributed by atoms with E-state index in [4.69, 9.17) is 4.74 Å². The van der Waals surface area contributed by atoms with Gasteiger partial charge in [-0.25, -0.2) is 0 Å². The van der Waals surface area contributed by atoms with Gasteiger partial charge in [0.1, 0.15) is 5.75 Å². The molecule has 0 bridgehead atoms. The minimum Gasteiger partial charge on any atom is -0.493 e. The summed E-state index contributed by atoms with van der Waals surface area (Å²) in [5.41, 5.74) is 4.02. The van der Waals surface area contributed by atoms with Gasteiger partial charge in [0.25, 0.3) is 0 Å². The van der Waals surface area contributed by atoms with Gasteiger partial charge in [-0.15, -0.1) is 11.8 Å². The van der Waals surface area contributed by atoms with Crippen LogP contribution in [0.25, 0.3) is 0 Å². The third-order valence-corrected chi connectivity index (χ3v) is 3.63. The second kappa shape index (κ2) is 5.46. The molecule has 0 spiro atoms. The molecule has 17 heavy (non-hydrogen) atoms. The van der Waals surface area contributed by atoms with Crippen LogP contribution in [0, 0.1) is 0 Å². The molecule has 1 aliphatic heterocycles. The van der Waals surface area contributed by atoms with Crippen LogP contribution in [-0.4, -0.2) is 6.61 Å². The average molecular weight is 246 g/mol. The topological polar surface area (TPSA) is 9.23 Å². The molecule has 1 aromatic carbocycles. The lowest BCUT2D eigenvalue weighted by atomic mass is 10.0. The van der Waals surface area contributed by atoms with Crippen LogP contribution in [0.3, 0.4) is 0 Å². The van der Waals surface area contributed by atoms with Gasteiger partial charge >= 0.3 is 0 Å². The maximum absolute atomic E-state index is 5.58. The Balaban J connectivity index is 2.04. The molecule has 0 radical (unpaired) electrons. The zero-order valence-electron chi connectivity index (χ0n) is 10.5. The Labute approximate surface area is 108 Å². The fraction of sp³-hybridized carbons (Fsp3) is 0.333. The van der Waals surface area contributed by atoms with E-state index in [1.54, 1.807) is 11.8 Å². The van der Waals surface area contributed by atoms with Gasteiger partial charge in [-0.3, -0.25) is 0 Å². The van der Waals surface area contributed by atoms with Gasteiger partial charge in [-0.1, -0.05) is 24.3 Å². The van der Waals surface area contributed by atoms with E-state index < -0.39 is 0 Å². The van der Waals surface area contributed by atoms with E-state index in [2.05, 4.69) is 37.1 Å². The smallest absolute Gasteiger partial charge is 0.122 e. The number of rotatable bonds is 4. The first-order valence-electron chi connectivity index (χ1n) is 5.87. The van der Waals surface area contributed by atoms with Crippen LogP contribution >= 0.6 is 11.8 Å². The van der Waals surface area contributed by atoms with Crippen LogP contribution < -0.4 is 4.74 Å². The van der Waals surface area contributed by atoms with Crippen molar-refractivity contribution in [1.82, 2.24) is 0 Å². The third-order valence-electron chi connectivity index (χ3n) is 2.70. The van der Waals surface area contributed by atoms with E-state index in [1.165, 1.54) is 16.7 Å². The van der Waals surface area contributed by atoms with Crippen LogP contribution in [0.2, 0.25) is 0 Å². The summed E-state index contributed by atoms with van der Waals surface area (Å²) >= 11 is 1.70. The summed E-state index contributed by atoms with van der Waals surface area (Å²) < 4.78 is 5.58. The van der Waals surface area contributed by atoms with Gasteiger partial charge in [0, 0.05) is 6.42 Å². The zero-order chi connectivity index (χ0) is 12.3.